The first kappa shape index (κ1) is 19.1. The van der Waals surface area contributed by atoms with E-state index in [4.69, 9.17) is 20.8 Å². The molecule has 0 aliphatic rings. The lowest BCUT2D eigenvalue weighted by Crippen LogP contribution is -2.06. The minimum Gasteiger partial charge on any atom is -0.451 e. The number of esters is 1. The Bertz CT molecular complexity index is 1100. The van der Waals surface area contributed by atoms with Gasteiger partial charge in [0.05, 0.1) is 0 Å². The van der Waals surface area contributed by atoms with Crippen molar-refractivity contribution in [3.8, 4) is 11.5 Å². The maximum absolute atomic E-state index is 12.2. The molecule has 0 aliphatic carbocycles. The average molecular weight is 427 g/mol. The van der Waals surface area contributed by atoms with Crippen LogP contribution in [0.15, 0.2) is 64.4 Å². The molecule has 2 heterocycles. The monoisotopic (exact) mass is 426 g/mol. The smallest absolute Gasteiger partial charge is 0.358 e. The Kier molecular flexibility index (Phi) is 5.83. The molecule has 0 atom stereocenters. The molecule has 0 aliphatic heterocycles. The Morgan fingerprint density at radius 2 is 1.90 bits per heavy atom. The van der Waals surface area contributed by atoms with Gasteiger partial charge in [0.15, 0.2) is 17.4 Å². The summed E-state index contributed by atoms with van der Waals surface area (Å²) >= 11 is 7.20. The fourth-order valence-corrected chi connectivity index (χ4v) is 3.25. The Morgan fingerprint density at radius 3 is 2.69 bits per heavy atom. The SMILES string of the molecule is O=C(OCc1nnc(-c2ccc(Cl)cc2)o1)c1csc(NCc2ccccc2)n1. The van der Waals surface area contributed by atoms with Crippen LogP contribution in [0.2, 0.25) is 5.02 Å². The van der Waals surface area contributed by atoms with E-state index in [1.165, 1.54) is 11.3 Å². The van der Waals surface area contributed by atoms with E-state index in [-0.39, 0.29) is 18.2 Å². The van der Waals surface area contributed by atoms with Gasteiger partial charge in [-0.25, -0.2) is 9.78 Å². The third kappa shape index (κ3) is 4.98. The van der Waals surface area contributed by atoms with Crippen molar-refractivity contribution < 1.29 is 13.9 Å². The van der Waals surface area contributed by atoms with E-state index in [0.717, 1.165) is 11.1 Å². The van der Waals surface area contributed by atoms with Gasteiger partial charge in [-0.05, 0) is 29.8 Å². The molecule has 7 nitrogen and oxygen atoms in total. The van der Waals surface area contributed by atoms with E-state index in [1.807, 2.05) is 30.3 Å². The number of carbonyl (C=O) groups is 1. The van der Waals surface area contributed by atoms with Gasteiger partial charge in [-0.15, -0.1) is 21.5 Å². The van der Waals surface area contributed by atoms with Crippen LogP contribution in [-0.2, 0) is 17.9 Å². The Morgan fingerprint density at radius 1 is 1.10 bits per heavy atom. The summed E-state index contributed by atoms with van der Waals surface area (Å²) < 4.78 is 10.7. The van der Waals surface area contributed by atoms with Gasteiger partial charge in [-0.2, -0.15) is 0 Å². The van der Waals surface area contributed by atoms with Gasteiger partial charge in [0.1, 0.15) is 0 Å². The van der Waals surface area contributed by atoms with E-state index in [9.17, 15) is 4.79 Å². The summed E-state index contributed by atoms with van der Waals surface area (Å²) in [5.74, 6) is -0.0324. The molecule has 2 aromatic carbocycles. The Hall–Kier alpha value is -3.23. The van der Waals surface area contributed by atoms with Crippen molar-refractivity contribution in [1.29, 1.82) is 0 Å². The largest absolute Gasteiger partial charge is 0.451 e. The highest BCUT2D eigenvalue weighted by molar-refractivity contribution is 7.13. The fourth-order valence-electron chi connectivity index (χ4n) is 2.44. The molecule has 0 fully saturated rings. The molecular formula is C20H15ClN4O3S. The molecular weight excluding hydrogens is 412 g/mol. The van der Waals surface area contributed by atoms with Crippen LogP contribution in [0.25, 0.3) is 11.5 Å². The number of ether oxygens (including phenoxy) is 1. The molecule has 0 spiro atoms. The third-order valence-electron chi connectivity index (χ3n) is 3.88. The van der Waals surface area contributed by atoms with Crippen LogP contribution in [-0.4, -0.2) is 21.2 Å². The van der Waals surface area contributed by atoms with E-state index in [0.29, 0.717) is 22.6 Å². The third-order valence-corrected chi connectivity index (χ3v) is 4.94. The number of carbonyl (C=O) groups excluding carboxylic acids is 1. The van der Waals surface area contributed by atoms with E-state index in [2.05, 4.69) is 20.5 Å². The molecule has 4 aromatic rings. The lowest BCUT2D eigenvalue weighted by molar-refractivity contribution is 0.0433. The molecule has 1 N–H and O–H groups in total. The molecule has 0 amide bonds. The number of thiazole rings is 1. The minimum absolute atomic E-state index is 0.135. The zero-order valence-electron chi connectivity index (χ0n) is 15.0. The quantitative estimate of drug-likeness (QED) is 0.424. The van der Waals surface area contributed by atoms with Crippen molar-refractivity contribution in [3.63, 3.8) is 0 Å². The number of hydrogen-bond acceptors (Lipinski definition) is 8. The van der Waals surface area contributed by atoms with E-state index < -0.39 is 5.97 Å². The van der Waals surface area contributed by atoms with Crippen LogP contribution >= 0.6 is 22.9 Å². The summed E-state index contributed by atoms with van der Waals surface area (Å²) in [6.45, 7) is 0.488. The molecule has 0 radical (unpaired) electrons. The van der Waals surface area contributed by atoms with Crippen molar-refractivity contribution in [2.45, 2.75) is 13.2 Å². The summed E-state index contributed by atoms with van der Waals surface area (Å²) in [5, 5.41) is 13.9. The normalized spacial score (nSPS) is 10.7. The van der Waals surface area contributed by atoms with Gasteiger partial charge in [-0.1, -0.05) is 41.9 Å². The van der Waals surface area contributed by atoms with Gasteiger partial charge >= 0.3 is 5.97 Å². The van der Waals surface area contributed by atoms with Gasteiger partial charge in [0, 0.05) is 22.5 Å². The van der Waals surface area contributed by atoms with Crippen molar-refractivity contribution >= 4 is 34.0 Å². The number of rotatable bonds is 7. The second kappa shape index (κ2) is 8.85. The highest BCUT2D eigenvalue weighted by Crippen LogP contribution is 2.21. The van der Waals surface area contributed by atoms with Crippen LogP contribution in [0.1, 0.15) is 21.9 Å². The number of aromatic nitrogens is 3. The maximum Gasteiger partial charge on any atom is 0.358 e. The topological polar surface area (TPSA) is 90.1 Å². The highest BCUT2D eigenvalue weighted by Gasteiger charge is 2.15. The second-order valence-electron chi connectivity index (χ2n) is 5.96. The number of benzene rings is 2. The molecule has 0 bridgehead atoms. The summed E-state index contributed by atoms with van der Waals surface area (Å²) in [6.07, 6.45) is 0. The minimum atomic E-state index is -0.555. The lowest BCUT2D eigenvalue weighted by Gasteiger charge is -2.02. The predicted octanol–water partition coefficient (Wildman–Crippen LogP) is 4.82. The van der Waals surface area contributed by atoms with Crippen molar-refractivity contribution in [2.24, 2.45) is 0 Å². The van der Waals surface area contributed by atoms with Crippen LogP contribution in [0, 0.1) is 0 Å². The van der Waals surface area contributed by atoms with Gasteiger partial charge in [0.2, 0.25) is 5.89 Å². The van der Waals surface area contributed by atoms with Crippen molar-refractivity contribution in [1.82, 2.24) is 15.2 Å². The number of nitrogens with zero attached hydrogens (tertiary/aromatic N) is 3. The Labute approximate surface area is 175 Å². The first-order valence-corrected chi connectivity index (χ1v) is 9.92. The molecule has 9 heteroatoms. The summed E-state index contributed by atoms with van der Waals surface area (Å²) in [6, 6.07) is 16.9. The molecule has 2 aromatic heterocycles. The number of hydrogen-bond donors (Lipinski definition) is 1. The molecule has 4 rings (SSSR count). The van der Waals surface area contributed by atoms with Gasteiger partial charge in [-0.3, -0.25) is 0 Å². The zero-order chi connectivity index (χ0) is 20.1. The Balaban J connectivity index is 1.31. The summed E-state index contributed by atoms with van der Waals surface area (Å²) in [4.78, 5) is 16.5. The fraction of sp³-hybridized carbons (Fsp3) is 0.100. The number of anilines is 1. The standard InChI is InChI=1S/C20H15ClN4O3S/c21-15-8-6-14(7-9-15)18-25-24-17(28-18)11-27-19(26)16-12-29-20(23-16)22-10-13-4-2-1-3-5-13/h1-9,12H,10-11H2,(H,22,23). The van der Waals surface area contributed by atoms with Gasteiger partial charge < -0.3 is 14.5 Å². The lowest BCUT2D eigenvalue weighted by atomic mass is 10.2. The maximum atomic E-state index is 12.2. The molecule has 0 unspecified atom stereocenters. The zero-order valence-corrected chi connectivity index (χ0v) is 16.6. The van der Waals surface area contributed by atoms with Crippen LogP contribution < -0.4 is 5.32 Å². The second-order valence-corrected chi connectivity index (χ2v) is 7.26. The first-order valence-electron chi connectivity index (χ1n) is 8.66. The average Bonchev–Trinajstić information content (AvgIpc) is 3.42. The molecule has 0 saturated carbocycles. The van der Waals surface area contributed by atoms with Crippen LogP contribution in [0.3, 0.4) is 0 Å². The molecule has 29 heavy (non-hydrogen) atoms. The molecule has 0 saturated heterocycles. The van der Waals surface area contributed by atoms with Gasteiger partial charge in [0.25, 0.3) is 5.89 Å². The first-order chi connectivity index (χ1) is 14.2. The van der Waals surface area contributed by atoms with Crippen molar-refractivity contribution in [2.75, 3.05) is 5.32 Å². The van der Waals surface area contributed by atoms with E-state index >= 15 is 0 Å². The van der Waals surface area contributed by atoms with Crippen LogP contribution in [0.5, 0.6) is 0 Å². The predicted molar refractivity (Wildman–Crippen MR) is 110 cm³/mol. The van der Waals surface area contributed by atoms with E-state index in [1.54, 1.807) is 29.6 Å². The van der Waals surface area contributed by atoms with Crippen molar-refractivity contribution in [3.05, 3.63) is 82.1 Å². The summed E-state index contributed by atoms with van der Waals surface area (Å²) in [7, 11) is 0. The highest BCUT2D eigenvalue weighted by atomic mass is 35.5. The van der Waals surface area contributed by atoms with Crippen LogP contribution in [0.4, 0.5) is 5.13 Å². The summed E-state index contributed by atoms with van der Waals surface area (Å²) in [5.41, 5.74) is 2.08. The number of halogens is 1. The number of nitrogens with one attached hydrogen (secondary N) is 1. The molecule has 146 valence electrons.